The average Bonchev–Trinajstić information content (AvgIpc) is 2.60. The first-order valence-corrected chi connectivity index (χ1v) is 10.6. The lowest BCUT2D eigenvalue weighted by Gasteiger charge is -2.05. The average molecular weight is 369 g/mol. The number of hydrogen-bond donors (Lipinski definition) is 1. The number of hydrogen-bond acceptors (Lipinski definition) is 3. The summed E-state index contributed by atoms with van der Waals surface area (Å²) in [6.07, 6.45) is 18.5. The summed E-state index contributed by atoms with van der Waals surface area (Å²) in [5, 5.41) is 8.55. The van der Waals surface area contributed by atoms with Crippen molar-refractivity contribution in [2.24, 2.45) is 0 Å². The maximum atomic E-state index is 11.2. The van der Waals surface area contributed by atoms with Crippen LogP contribution in [0.4, 0.5) is 0 Å². The second-order valence-electron chi connectivity index (χ2n) is 7.36. The predicted molar refractivity (Wildman–Crippen MR) is 107 cm³/mol. The second kappa shape index (κ2) is 18.5. The molecule has 0 aliphatic rings. The van der Waals surface area contributed by atoms with Crippen LogP contribution < -0.4 is 0 Å². The minimum Gasteiger partial charge on any atom is -0.481 e. The third-order valence-electron chi connectivity index (χ3n) is 4.62. The number of carboxylic acid groups (broad SMARTS) is 1. The fraction of sp³-hybridized carbons (Fsp3) is 0.818. The molecule has 4 nitrogen and oxygen atoms in total. The Labute approximate surface area is 160 Å². The molecule has 0 heterocycles. The van der Waals surface area contributed by atoms with Crippen LogP contribution in [-0.2, 0) is 14.3 Å². The van der Waals surface area contributed by atoms with E-state index < -0.39 is 5.97 Å². The number of rotatable bonds is 19. The zero-order chi connectivity index (χ0) is 19.5. The van der Waals surface area contributed by atoms with Crippen molar-refractivity contribution in [1.82, 2.24) is 0 Å². The van der Waals surface area contributed by atoms with E-state index in [-0.39, 0.29) is 5.97 Å². The monoisotopic (exact) mass is 368 g/mol. The molecule has 0 spiro atoms. The van der Waals surface area contributed by atoms with E-state index in [4.69, 9.17) is 9.84 Å². The Balaban J connectivity index is 3.08. The summed E-state index contributed by atoms with van der Waals surface area (Å²) in [6, 6.07) is 0. The molecule has 0 saturated carbocycles. The first-order valence-electron chi connectivity index (χ1n) is 10.6. The van der Waals surface area contributed by atoms with E-state index in [0.717, 1.165) is 25.7 Å². The summed E-state index contributed by atoms with van der Waals surface area (Å²) < 4.78 is 5.07. The van der Waals surface area contributed by atoms with Gasteiger partial charge in [0.2, 0.25) is 0 Å². The van der Waals surface area contributed by atoms with Crippen molar-refractivity contribution < 1.29 is 19.4 Å². The first-order chi connectivity index (χ1) is 12.5. The largest absolute Gasteiger partial charge is 0.481 e. The van der Waals surface area contributed by atoms with Crippen molar-refractivity contribution in [2.75, 3.05) is 6.61 Å². The van der Waals surface area contributed by atoms with Crippen LogP contribution in [0.15, 0.2) is 12.2 Å². The molecule has 152 valence electrons. The van der Waals surface area contributed by atoms with Crippen molar-refractivity contribution in [3.05, 3.63) is 12.2 Å². The Kier molecular flexibility index (Phi) is 17.5. The number of carbonyl (C=O) groups excluding carboxylic acids is 1. The molecule has 0 radical (unpaired) electrons. The van der Waals surface area contributed by atoms with Gasteiger partial charge < -0.3 is 9.84 Å². The molecule has 0 atom stereocenters. The standard InChI is InChI=1S/C22H40O4/c1-20(2)22(25)26-19-17-15-13-11-9-7-5-3-4-6-8-10-12-14-16-18-21(23)24/h1,3-19H2,2H3,(H,23,24). The molecule has 26 heavy (non-hydrogen) atoms. The van der Waals surface area contributed by atoms with E-state index >= 15 is 0 Å². The molecule has 0 amide bonds. The van der Waals surface area contributed by atoms with E-state index in [2.05, 4.69) is 6.58 Å². The van der Waals surface area contributed by atoms with Gasteiger partial charge in [-0.2, -0.15) is 0 Å². The van der Waals surface area contributed by atoms with Crippen LogP contribution in [0, 0.1) is 0 Å². The maximum Gasteiger partial charge on any atom is 0.333 e. The van der Waals surface area contributed by atoms with Crippen molar-refractivity contribution in [3.63, 3.8) is 0 Å². The van der Waals surface area contributed by atoms with Crippen LogP contribution in [0.1, 0.15) is 110 Å². The molecule has 0 saturated heterocycles. The van der Waals surface area contributed by atoms with Gasteiger partial charge in [0.15, 0.2) is 0 Å². The Morgan fingerprint density at radius 1 is 0.692 bits per heavy atom. The number of ether oxygens (including phenoxy) is 1. The van der Waals surface area contributed by atoms with Crippen molar-refractivity contribution in [3.8, 4) is 0 Å². The lowest BCUT2D eigenvalue weighted by Crippen LogP contribution is -2.05. The zero-order valence-corrected chi connectivity index (χ0v) is 16.9. The van der Waals surface area contributed by atoms with Crippen molar-refractivity contribution in [2.45, 2.75) is 110 Å². The molecule has 0 aliphatic heterocycles. The van der Waals surface area contributed by atoms with E-state index in [1.54, 1.807) is 6.92 Å². The molecular formula is C22H40O4. The van der Waals surface area contributed by atoms with Gasteiger partial charge in [-0.15, -0.1) is 0 Å². The van der Waals surface area contributed by atoms with Crippen LogP contribution in [0.2, 0.25) is 0 Å². The topological polar surface area (TPSA) is 63.6 Å². The third-order valence-corrected chi connectivity index (χ3v) is 4.62. The van der Waals surface area contributed by atoms with E-state index in [1.807, 2.05) is 0 Å². The Morgan fingerprint density at radius 3 is 1.38 bits per heavy atom. The van der Waals surface area contributed by atoms with Gasteiger partial charge in [-0.05, 0) is 19.8 Å². The first kappa shape index (κ1) is 24.7. The summed E-state index contributed by atoms with van der Waals surface area (Å²) in [4.78, 5) is 21.6. The van der Waals surface area contributed by atoms with Gasteiger partial charge in [0.1, 0.15) is 0 Å². The summed E-state index contributed by atoms with van der Waals surface area (Å²) in [7, 11) is 0. The Hall–Kier alpha value is -1.32. The molecule has 0 unspecified atom stereocenters. The molecule has 1 N–H and O–H groups in total. The molecule has 0 bridgehead atoms. The van der Waals surface area contributed by atoms with Crippen LogP contribution in [0.25, 0.3) is 0 Å². The Morgan fingerprint density at radius 2 is 1.04 bits per heavy atom. The number of aliphatic carboxylic acids is 1. The Bertz CT molecular complexity index is 376. The highest BCUT2D eigenvalue weighted by Crippen LogP contribution is 2.13. The van der Waals surface area contributed by atoms with E-state index in [1.165, 1.54) is 70.6 Å². The highest BCUT2D eigenvalue weighted by atomic mass is 16.5. The predicted octanol–water partition coefficient (Wildman–Crippen LogP) is 6.43. The van der Waals surface area contributed by atoms with Gasteiger partial charge in [-0.1, -0.05) is 90.0 Å². The summed E-state index contributed by atoms with van der Waals surface area (Å²) >= 11 is 0. The SMILES string of the molecule is C=C(C)C(=O)OCCCCCCCCCCCCCCCCCC(=O)O. The van der Waals surface area contributed by atoms with Crippen molar-refractivity contribution in [1.29, 1.82) is 0 Å². The highest BCUT2D eigenvalue weighted by molar-refractivity contribution is 5.86. The second-order valence-corrected chi connectivity index (χ2v) is 7.36. The fourth-order valence-electron chi connectivity index (χ4n) is 2.96. The maximum absolute atomic E-state index is 11.2. The number of carboxylic acids is 1. The van der Waals surface area contributed by atoms with Gasteiger partial charge in [0.05, 0.1) is 6.61 Å². The van der Waals surface area contributed by atoms with Gasteiger partial charge in [0.25, 0.3) is 0 Å². The molecule has 0 aromatic carbocycles. The zero-order valence-electron chi connectivity index (χ0n) is 16.9. The van der Waals surface area contributed by atoms with E-state index in [9.17, 15) is 9.59 Å². The van der Waals surface area contributed by atoms with Crippen LogP contribution in [0.3, 0.4) is 0 Å². The molecule has 0 aliphatic carbocycles. The van der Waals surface area contributed by atoms with Crippen molar-refractivity contribution >= 4 is 11.9 Å². The van der Waals surface area contributed by atoms with Gasteiger partial charge in [-0.25, -0.2) is 4.79 Å². The molecule has 4 heteroatoms. The lowest BCUT2D eigenvalue weighted by atomic mass is 10.0. The minimum absolute atomic E-state index is 0.275. The van der Waals surface area contributed by atoms with E-state index in [0.29, 0.717) is 18.6 Å². The molecule has 0 fully saturated rings. The fourth-order valence-corrected chi connectivity index (χ4v) is 2.96. The quantitative estimate of drug-likeness (QED) is 0.162. The summed E-state index contributed by atoms with van der Waals surface area (Å²) in [5.41, 5.74) is 0.473. The normalized spacial score (nSPS) is 10.7. The van der Waals surface area contributed by atoms with Crippen LogP contribution in [0.5, 0.6) is 0 Å². The summed E-state index contributed by atoms with van der Waals surface area (Å²) in [5.74, 6) is -0.947. The van der Waals surface area contributed by atoms with Crippen LogP contribution in [-0.4, -0.2) is 23.7 Å². The van der Waals surface area contributed by atoms with Gasteiger partial charge >= 0.3 is 11.9 Å². The molecule has 0 aromatic rings. The molecule has 0 aromatic heterocycles. The third kappa shape index (κ3) is 19.0. The minimum atomic E-state index is -0.672. The van der Waals surface area contributed by atoms with Crippen LogP contribution >= 0.6 is 0 Å². The highest BCUT2D eigenvalue weighted by Gasteiger charge is 2.01. The smallest absolute Gasteiger partial charge is 0.333 e. The van der Waals surface area contributed by atoms with Gasteiger partial charge in [0, 0.05) is 12.0 Å². The number of unbranched alkanes of at least 4 members (excludes halogenated alkanes) is 14. The number of esters is 1. The molecular weight excluding hydrogens is 328 g/mol. The lowest BCUT2D eigenvalue weighted by molar-refractivity contribution is -0.139. The van der Waals surface area contributed by atoms with Gasteiger partial charge in [-0.3, -0.25) is 4.79 Å². The summed E-state index contributed by atoms with van der Waals surface area (Å²) in [6.45, 7) is 5.76. The molecule has 0 rings (SSSR count). The number of carbonyl (C=O) groups is 2.